The Morgan fingerprint density at radius 3 is 2.46 bits per heavy atom. The summed E-state index contributed by atoms with van der Waals surface area (Å²) in [6.07, 6.45) is 0. The molecule has 1 aliphatic heterocycles. The summed E-state index contributed by atoms with van der Waals surface area (Å²) in [6, 6.07) is 12.8. The summed E-state index contributed by atoms with van der Waals surface area (Å²) in [5.41, 5.74) is 0.735. The Labute approximate surface area is 149 Å². The van der Waals surface area contributed by atoms with Crippen LogP contribution in [0.5, 0.6) is 5.75 Å². The van der Waals surface area contributed by atoms with Gasteiger partial charge in [-0.05, 0) is 18.2 Å². The van der Waals surface area contributed by atoms with Gasteiger partial charge in [0.05, 0.1) is 4.92 Å². The molecule has 7 nitrogen and oxygen atoms in total. The normalized spacial score (nSPS) is 14.2. The van der Waals surface area contributed by atoms with Crippen LogP contribution in [0.2, 0.25) is 0 Å². The number of hydrogen-bond donors (Lipinski definition) is 0. The smallest absolute Gasteiger partial charge is 0.311 e. The maximum absolute atomic E-state index is 13.3. The molecule has 0 N–H and O–H groups in total. The molecule has 0 bridgehead atoms. The minimum absolute atomic E-state index is 0.244. The molecular formula is C18H18FN3O4. The van der Waals surface area contributed by atoms with Crippen molar-refractivity contribution in [3.05, 3.63) is 64.5 Å². The summed E-state index contributed by atoms with van der Waals surface area (Å²) in [5, 5.41) is 11.0. The highest BCUT2D eigenvalue weighted by atomic mass is 19.1. The van der Waals surface area contributed by atoms with Gasteiger partial charge in [-0.3, -0.25) is 14.9 Å². The van der Waals surface area contributed by atoms with E-state index in [9.17, 15) is 19.3 Å². The topological polar surface area (TPSA) is 75.9 Å². The molecule has 0 atom stereocenters. The number of carbonyl (C=O) groups excluding carboxylic acids is 1. The monoisotopic (exact) mass is 359 g/mol. The largest absolute Gasteiger partial charge is 0.477 e. The fourth-order valence-corrected chi connectivity index (χ4v) is 2.84. The lowest BCUT2D eigenvalue weighted by Crippen LogP contribution is -2.50. The van der Waals surface area contributed by atoms with Crippen LogP contribution in [0.25, 0.3) is 0 Å². The fraction of sp³-hybridized carbons (Fsp3) is 0.278. The first kappa shape index (κ1) is 17.7. The van der Waals surface area contributed by atoms with Gasteiger partial charge in [0.15, 0.2) is 6.61 Å². The maximum Gasteiger partial charge on any atom is 0.311 e. The van der Waals surface area contributed by atoms with Gasteiger partial charge in [-0.15, -0.1) is 0 Å². The number of carbonyl (C=O) groups is 1. The minimum Gasteiger partial charge on any atom is -0.477 e. The number of nitro benzene ring substituents is 1. The molecule has 3 rings (SSSR count). The van der Waals surface area contributed by atoms with Crippen molar-refractivity contribution in [1.29, 1.82) is 0 Å². The molecule has 1 aliphatic rings. The Morgan fingerprint density at radius 2 is 1.81 bits per heavy atom. The van der Waals surface area contributed by atoms with Gasteiger partial charge in [0.1, 0.15) is 5.82 Å². The lowest BCUT2D eigenvalue weighted by Gasteiger charge is -2.36. The standard InChI is InChI=1S/C18H18FN3O4/c19-14-6-7-16(22(24)25)17(12-14)26-13-18(23)21-10-8-20(9-11-21)15-4-2-1-3-5-15/h1-7,12H,8-11,13H2. The molecule has 8 heteroatoms. The summed E-state index contributed by atoms with van der Waals surface area (Å²) < 4.78 is 18.5. The second-order valence-electron chi connectivity index (χ2n) is 5.86. The molecule has 1 amide bonds. The number of rotatable bonds is 5. The lowest BCUT2D eigenvalue weighted by atomic mass is 10.2. The van der Waals surface area contributed by atoms with Crippen molar-refractivity contribution >= 4 is 17.3 Å². The Bertz CT molecular complexity index is 792. The van der Waals surface area contributed by atoms with E-state index in [1.165, 1.54) is 0 Å². The molecule has 0 spiro atoms. The molecule has 2 aromatic rings. The highest BCUT2D eigenvalue weighted by Crippen LogP contribution is 2.27. The van der Waals surface area contributed by atoms with Crippen molar-refractivity contribution in [3.8, 4) is 5.75 Å². The third-order valence-electron chi connectivity index (χ3n) is 4.22. The van der Waals surface area contributed by atoms with E-state index in [2.05, 4.69) is 4.90 Å². The first-order valence-electron chi connectivity index (χ1n) is 8.19. The number of piperazine rings is 1. The van der Waals surface area contributed by atoms with E-state index in [-0.39, 0.29) is 24.0 Å². The maximum atomic E-state index is 13.3. The van der Waals surface area contributed by atoms with Gasteiger partial charge < -0.3 is 14.5 Å². The summed E-state index contributed by atoms with van der Waals surface area (Å²) in [5.74, 6) is -1.18. The fourth-order valence-electron chi connectivity index (χ4n) is 2.84. The van der Waals surface area contributed by atoms with Crippen LogP contribution in [0.4, 0.5) is 15.8 Å². The SMILES string of the molecule is O=C(COc1cc(F)ccc1[N+](=O)[O-])N1CCN(c2ccccc2)CC1. The predicted octanol–water partition coefficient (Wildman–Crippen LogP) is 2.46. The van der Waals surface area contributed by atoms with Gasteiger partial charge >= 0.3 is 5.69 Å². The van der Waals surface area contributed by atoms with Crippen LogP contribution >= 0.6 is 0 Å². The van der Waals surface area contributed by atoms with Crippen LogP contribution in [-0.4, -0.2) is 48.5 Å². The van der Waals surface area contributed by atoms with Crippen molar-refractivity contribution in [2.45, 2.75) is 0 Å². The number of ether oxygens (including phenoxy) is 1. The molecule has 0 aromatic heterocycles. The number of amides is 1. The van der Waals surface area contributed by atoms with E-state index < -0.39 is 10.7 Å². The Hall–Kier alpha value is -3.16. The molecule has 26 heavy (non-hydrogen) atoms. The highest BCUT2D eigenvalue weighted by Gasteiger charge is 2.23. The zero-order valence-corrected chi connectivity index (χ0v) is 14.0. The third kappa shape index (κ3) is 4.08. The Balaban J connectivity index is 1.55. The van der Waals surface area contributed by atoms with Crippen molar-refractivity contribution in [2.75, 3.05) is 37.7 Å². The quantitative estimate of drug-likeness (QED) is 0.605. The molecule has 1 heterocycles. The molecular weight excluding hydrogens is 341 g/mol. The Morgan fingerprint density at radius 1 is 1.12 bits per heavy atom. The van der Waals surface area contributed by atoms with Gasteiger partial charge in [0.25, 0.3) is 5.91 Å². The van der Waals surface area contributed by atoms with Crippen molar-refractivity contribution < 1.29 is 18.8 Å². The molecule has 1 saturated heterocycles. The number of hydrogen-bond acceptors (Lipinski definition) is 5. The van der Waals surface area contributed by atoms with Crippen LogP contribution in [0, 0.1) is 15.9 Å². The van der Waals surface area contributed by atoms with Crippen LogP contribution in [-0.2, 0) is 4.79 Å². The second kappa shape index (κ2) is 7.81. The molecule has 0 aliphatic carbocycles. The molecule has 0 saturated carbocycles. The summed E-state index contributed by atoms with van der Waals surface area (Å²) in [7, 11) is 0. The van der Waals surface area contributed by atoms with Crippen molar-refractivity contribution in [1.82, 2.24) is 4.90 Å². The molecule has 136 valence electrons. The third-order valence-corrected chi connectivity index (χ3v) is 4.22. The van der Waals surface area contributed by atoms with E-state index in [0.717, 1.165) is 23.9 Å². The van der Waals surface area contributed by atoms with Crippen LogP contribution < -0.4 is 9.64 Å². The van der Waals surface area contributed by atoms with Gasteiger partial charge in [0.2, 0.25) is 5.75 Å². The van der Waals surface area contributed by atoms with Gasteiger partial charge in [0, 0.05) is 44.0 Å². The minimum atomic E-state index is -0.669. The van der Waals surface area contributed by atoms with E-state index in [1.54, 1.807) is 4.90 Å². The number of halogens is 1. The summed E-state index contributed by atoms with van der Waals surface area (Å²) in [4.78, 5) is 26.4. The highest BCUT2D eigenvalue weighted by molar-refractivity contribution is 5.78. The van der Waals surface area contributed by atoms with E-state index in [0.29, 0.717) is 26.2 Å². The molecule has 0 unspecified atom stereocenters. The van der Waals surface area contributed by atoms with E-state index in [4.69, 9.17) is 4.74 Å². The van der Waals surface area contributed by atoms with Gasteiger partial charge in [-0.2, -0.15) is 0 Å². The van der Waals surface area contributed by atoms with Crippen LogP contribution in [0.15, 0.2) is 48.5 Å². The first-order valence-corrected chi connectivity index (χ1v) is 8.19. The first-order chi connectivity index (χ1) is 12.5. The van der Waals surface area contributed by atoms with Crippen LogP contribution in [0.3, 0.4) is 0 Å². The number of para-hydroxylation sites is 1. The van der Waals surface area contributed by atoms with Gasteiger partial charge in [-0.25, -0.2) is 4.39 Å². The molecule has 1 fully saturated rings. The average molecular weight is 359 g/mol. The number of benzene rings is 2. The number of nitro groups is 1. The van der Waals surface area contributed by atoms with E-state index in [1.807, 2.05) is 30.3 Å². The van der Waals surface area contributed by atoms with E-state index >= 15 is 0 Å². The van der Waals surface area contributed by atoms with Crippen molar-refractivity contribution in [3.63, 3.8) is 0 Å². The van der Waals surface area contributed by atoms with Crippen molar-refractivity contribution in [2.24, 2.45) is 0 Å². The number of nitrogens with zero attached hydrogens (tertiary/aromatic N) is 3. The lowest BCUT2D eigenvalue weighted by molar-refractivity contribution is -0.385. The average Bonchev–Trinajstić information content (AvgIpc) is 2.66. The zero-order valence-electron chi connectivity index (χ0n) is 14.0. The second-order valence-corrected chi connectivity index (χ2v) is 5.86. The molecule has 0 radical (unpaired) electrons. The summed E-state index contributed by atoms with van der Waals surface area (Å²) in [6.45, 7) is 2.08. The molecule has 2 aromatic carbocycles. The Kier molecular flexibility index (Phi) is 5.31. The van der Waals surface area contributed by atoms with Gasteiger partial charge in [-0.1, -0.05) is 18.2 Å². The number of anilines is 1. The van der Waals surface area contributed by atoms with Crippen LogP contribution in [0.1, 0.15) is 0 Å². The zero-order chi connectivity index (χ0) is 18.5. The summed E-state index contributed by atoms with van der Waals surface area (Å²) >= 11 is 0. The predicted molar refractivity (Wildman–Crippen MR) is 93.8 cm³/mol.